The highest BCUT2D eigenvalue weighted by Gasteiger charge is 2.17. The fourth-order valence-electron chi connectivity index (χ4n) is 1.16. The SMILES string of the molecule is CCOC(=O)[C@H](C)n1nc(C)ccc1=O. The van der Waals surface area contributed by atoms with E-state index in [0.717, 1.165) is 4.68 Å². The first-order valence-corrected chi connectivity index (χ1v) is 4.79. The van der Waals surface area contributed by atoms with E-state index in [2.05, 4.69) is 5.10 Å². The molecule has 0 saturated carbocycles. The van der Waals surface area contributed by atoms with E-state index in [1.54, 1.807) is 26.8 Å². The first kappa shape index (κ1) is 11.4. The summed E-state index contributed by atoms with van der Waals surface area (Å²) in [7, 11) is 0. The van der Waals surface area contributed by atoms with Crippen molar-refractivity contribution in [3.8, 4) is 0 Å². The maximum absolute atomic E-state index is 11.4. The summed E-state index contributed by atoms with van der Waals surface area (Å²) in [5.74, 6) is -0.447. The summed E-state index contributed by atoms with van der Waals surface area (Å²) in [5.41, 5.74) is 0.381. The smallest absolute Gasteiger partial charge is 0.330 e. The Hall–Kier alpha value is -1.65. The second-order valence-electron chi connectivity index (χ2n) is 3.19. The number of aryl methyl sites for hydroxylation is 1. The predicted octanol–water partition coefficient (Wildman–Crippen LogP) is 0.676. The summed E-state index contributed by atoms with van der Waals surface area (Å²) in [6.45, 7) is 5.36. The molecular formula is C10H14N2O3. The molecule has 1 heterocycles. The lowest BCUT2D eigenvalue weighted by atomic mass is 10.3. The second-order valence-corrected chi connectivity index (χ2v) is 3.19. The van der Waals surface area contributed by atoms with Crippen molar-refractivity contribution in [2.24, 2.45) is 0 Å². The van der Waals surface area contributed by atoms with Crippen molar-refractivity contribution in [2.75, 3.05) is 6.61 Å². The van der Waals surface area contributed by atoms with E-state index in [1.807, 2.05) is 0 Å². The third-order valence-electron chi connectivity index (χ3n) is 1.95. The zero-order valence-corrected chi connectivity index (χ0v) is 9.06. The Morgan fingerprint density at radius 3 is 2.87 bits per heavy atom. The molecule has 0 radical (unpaired) electrons. The standard InChI is InChI=1S/C10H14N2O3/c1-4-15-10(14)8(3)12-9(13)6-5-7(2)11-12/h5-6,8H,4H2,1-3H3/t8-/m0/s1. The number of hydrogen-bond acceptors (Lipinski definition) is 4. The Bertz CT molecular complexity index is 411. The Labute approximate surface area is 87.7 Å². The van der Waals surface area contributed by atoms with Crippen molar-refractivity contribution < 1.29 is 9.53 Å². The Morgan fingerprint density at radius 2 is 2.27 bits per heavy atom. The van der Waals surface area contributed by atoms with Gasteiger partial charge in [0.05, 0.1) is 12.3 Å². The van der Waals surface area contributed by atoms with Crippen molar-refractivity contribution in [3.63, 3.8) is 0 Å². The number of nitrogens with zero attached hydrogens (tertiary/aromatic N) is 2. The number of hydrogen-bond donors (Lipinski definition) is 0. The van der Waals surface area contributed by atoms with Crippen LogP contribution in [0.3, 0.4) is 0 Å². The minimum Gasteiger partial charge on any atom is -0.464 e. The highest BCUT2D eigenvalue weighted by Crippen LogP contribution is 2.03. The fourth-order valence-corrected chi connectivity index (χ4v) is 1.16. The van der Waals surface area contributed by atoms with E-state index >= 15 is 0 Å². The average Bonchev–Trinajstić information content (AvgIpc) is 2.21. The summed E-state index contributed by atoms with van der Waals surface area (Å²) < 4.78 is 5.95. The van der Waals surface area contributed by atoms with Crippen LogP contribution in [0.2, 0.25) is 0 Å². The fraction of sp³-hybridized carbons (Fsp3) is 0.500. The largest absolute Gasteiger partial charge is 0.464 e. The highest BCUT2D eigenvalue weighted by atomic mass is 16.5. The van der Waals surface area contributed by atoms with E-state index in [0.29, 0.717) is 12.3 Å². The molecule has 0 spiro atoms. The number of ether oxygens (including phenoxy) is 1. The zero-order chi connectivity index (χ0) is 11.4. The van der Waals surface area contributed by atoms with Gasteiger partial charge in [-0.25, -0.2) is 9.48 Å². The summed E-state index contributed by atoms with van der Waals surface area (Å²) in [5, 5.41) is 3.98. The molecule has 15 heavy (non-hydrogen) atoms. The van der Waals surface area contributed by atoms with E-state index in [9.17, 15) is 9.59 Å². The van der Waals surface area contributed by atoms with Gasteiger partial charge in [0.25, 0.3) is 5.56 Å². The van der Waals surface area contributed by atoms with E-state index in [4.69, 9.17) is 4.74 Å². The molecule has 1 atom stereocenters. The molecule has 0 bridgehead atoms. The molecule has 0 unspecified atom stereocenters. The van der Waals surface area contributed by atoms with Gasteiger partial charge in [0.2, 0.25) is 0 Å². The molecule has 1 aromatic heterocycles. The van der Waals surface area contributed by atoms with E-state index < -0.39 is 12.0 Å². The summed E-state index contributed by atoms with van der Waals surface area (Å²) in [6, 6.07) is 2.31. The molecule has 5 nitrogen and oxygen atoms in total. The van der Waals surface area contributed by atoms with Crippen molar-refractivity contribution in [2.45, 2.75) is 26.8 Å². The molecule has 0 N–H and O–H groups in total. The van der Waals surface area contributed by atoms with Crippen LogP contribution in [-0.2, 0) is 9.53 Å². The van der Waals surface area contributed by atoms with Crippen LogP contribution in [0, 0.1) is 6.92 Å². The highest BCUT2D eigenvalue weighted by molar-refractivity contribution is 5.73. The summed E-state index contributed by atoms with van der Waals surface area (Å²) in [6.07, 6.45) is 0. The molecule has 0 amide bonds. The van der Waals surface area contributed by atoms with Crippen LogP contribution in [-0.4, -0.2) is 22.4 Å². The third kappa shape index (κ3) is 2.65. The van der Waals surface area contributed by atoms with Gasteiger partial charge < -0.3 is 4.74 Å². The minimum absolute atomic E-state index is 0.295. The first-order chi connectivity index (χ1) is 7.06. The van der Waals surface area contributed by atoms with Crippen molar-refractivity contribution in [1.29, 1.82) is 0 Å². The van der Waals surface area contributed by atoms with Gasteiger partial charge in [0.15, 0.2) is 6.04 Å². The Kier molecular flexibility index (Phi) is 3.60. The zero-order valence-electron chi connectivity index (χ0n) is 9.06. The van der Waals surface area contributed by atoms with E-state index in [1.165, 1.54) is 6.07 Å². The first-order valence-electron chi connectivity index (χ1n) is 4.79. The maximum atomic E-state index is 11.4. The molecule has 0 fully saturated rings. The van der Waals surface area contributed by atoms with Gasteiger partial charge in [0.1, 0.15) is 0 Å². The summed E-state index contributed by atoms with van der Waals surface area (Å²) in [4.78, 5) is 22.8. The van der Waals surface area contributed by atoms with Gasteiger partial charge in [0, 0.05) is 6.07 Å². The Balaban J connectivity index is 3.00. The molecule has 0 aromatic carbocycles. The average molecular weight is 210 g/mol. The molecule has 82 valence electrons. The molecule has 5 heteroatoms. The number of esters is 1. The molecule has 0 aliphatic carbocycles. The van der Waals surface area contributed by atoms with Gasteiger partial charge in [-0.05, 0) is 26.8 Å². The second kappa shape index (κ2) is 4.72. The Morgan fingerprint density at radius 1 is 1.60 bits per heavy atom. The molecule has 0 aliphatic rings. The van der Waals surface area contributed by atoms with Gasteiger partial charge in [-0.2, -0.15) is 5.10 Å². The number of rotatable bonds is 3. The van der Waals surface area contributed by atoms with Crippen LogP contribution in [0.4, 0.5) is 0 Å². The topological polar surface area (TPSA) is 61.2 Å². The lowest BCUT2D eigenvalue weighted by Gasteiger charge is -2.12. The van der Waals surface area contributed by atoms with Crippen LogP contribution < -0.4 is 5.56 Å². The molecule has 0 saturated heterocycles. The molecule has 1 aromatic rings. The van der Waals surface area contributed by atoms with Crippen molar-refractivity contribution in [1.82, 2.24) is 9.78 Å². The van der Waals surface area contributed by atoms with E-state index in [-0.39, 0.29) is 5.56 Å². The van der Waals surface area contributed by atoms with Crippen LogP contribution in [0.25, 0.3) is 0 Å². The number of aromatic nitrogens is 2. The quantitative estimate of drug-likeness (QED) is 0.688. The van der Waals surface area contributed by atoms with Crippen LogP contribution >= 0.6 is 0 Å². The number of carbonyl (C=O) groups excluding carboxylic acids is 1. The van der Waals surface area contributed by atoms with Crippen LogP contribution in [0.15, 0.2) is 16.9 Å². The van der Waals surface area contributed by atoms with Crippen molar-refractivity contribution in [3.05, 3.63) is 28.2 Å². The predicted molar refractivity (Wildman–Crippen MR) is 54.6 cm³/mol. The van der Waals surface area contributed by atoms with Gasteiger partial charge in [-0.15, -0.1) is 0 Å². The lowest BCUT2D eigenvalue weighted by Crippen LogP contribution is -2.31. The minimum atomic E-state index is -0.683. The normalized spacial score (nSPS) is 12.2. The van der Waals surface area contributed by atoms with Gasteiger partial charge >= 0.3 is 5.97 Å². The van der Waals surface area contributed by atoms with Crippen LogP contribution in [0.5, 0.6) is 0 Å². The monoisotopic (exact) mass is 210 g/mol. The third-order valence-corrected chi connectivity index (χ3v) is 1.95. The van der Waals surface area contributed by atoms with Gasteiger partial charge in [-0.1, -0.05) is 0 Å². The lowest BCUT2D eigenvalue weighted by molar-refractivity contribution is -0.147. The van der Waals surface area contributed by atoms with Crippen LogP contribution in [0.1, 0.15) is 25.6 Å². The van der Waals surface area contributed by atoms with Gasteiger partial charge in [-0.3, -0.25) is 4.79 Å². The molecule has 1 rings (SSSR count). The molecular weight excluding hydrogens is 196 g/mol. The maximum Gasteiger partial charge on any atom is 0.330 e. The summed E-state index contributed by atoms with van der Waals surface area (Å²) >= 11 is 0. The van der Waals surface area contributed by atoms with Crippen molar-refractivity contribution >= 4 is 5.97 Å². The molecule has 0 aliphatic heterocycles. The number of carbonyl (C=O) groups is 1.